The Bertz CT molecular complexity index is 576. The quantitative estimate of drug-likeness (QED) is 0.595. The number of benzene rings is 2. The van der Waals surface area contributed by atoms with Crippen LogP contribution in [0.4, 0.5) is 9.59 Å². The van der Waals surface area contributed by atoms with Gasteiger partial charge in [0.2, 0.25) is 0 Å². The third-order valence-corrected chi connectivity index (χ3v) is 3.97. The Kier molecular flexibility index (Phi) is 8.57. The summed E-state index contributed by atoms with van der Waals surface area (Å²) in [4.78, 5) is 17.1. The van der Waals surface area contributed by atoms with E-state index in [2.05, 4.69) is 60.7 Å². The van der Waals surface area contributed by atoms with Crippen LogP contribution in [-0.4, -0.2) is 32.7 Å². The molecule has 6 heteroatoms. The lowest BCUT2D eigenvalue weighted by molar-refractivity contribution is 0.135. The minimum absolute atomic E-state index is 0.765. The van der Waals surface area contributed by atoms with Crippen molar-refractivity contribution in [1.82, 2.24) is 0 Å². The van der Waals surface area contributed by atoms with Crippen molar-refractivity contribution < 1.29 is 30.0 Å². The van der Waals surface area contributed by atoms with Crippen LogP contribution >= 0.6 is 0 Å². The molecule has 1 fully saturated rings. The summed E-state index contributed by atoms with van der Waals surface area (Å²) in [5, 5.41) is 27.9. The minimum atomic E-state index is -1.83. The van der Waals surface area contributed by atoms with Crippen LogP contribution in [0.15, 0.2) is 60.7 Å². The Morgan fingerprint density at radius 2 is 0.920 bits per heavy atom. The molecule has 25 heavy (non-hydrogen) atoms. The molecule has 0 heterocycles. The second-order valence-corrected chi connectivity index (χ2v) is 5.59. The van der Waals surface area contributed by atoms with Crippen LogP contribution < -0.4 is 0 Å². The van der Waals surface area contributed by atoms with E-state index in [4.69, 9.17) is 30.0 Å². The number of carbonyl (C=O) groups is 2. The molecule has 0 radical (unpaired) electrons. The van der Waals surface area contributed by atoms with Gasteiger partial charge in [-0.25, -0.2) is 9.59 Å². The van der Waals surface area contributed by atoms with E-state index in [1.54, 1.807) is 0 Å². The molecule has 0 bridgehead atoms. The fraction of sp³-hybridized carbons (Fsp3) is 0.263. The van der Waals surface area contributed by atoms with E-state index in [1.807, 2.05) is 0 Å². The number of hydrogen-bond acceptors (Lipinski definition) is 2. The van der Waals surface area contributed by atoms with Crippen LogP contribution in [0.25, 0.3) is 0 Å². The summed E-state index contributed by atoms with van der Waals surface area (Å²) >= 11 is 0. The second kappa shape index (κ2) is 10.7. The first kappa shape index (κ1) is 20.0. The summed E-state index contributed by atoms with van der Waals surface area (Å²) in [5.41, 5.74) is 3.04. The summed E-state index contributed by atoms with van der Waals surface area (Å²) in [5.74, 6) is 1.53. The Hall–Kier alpha value is -3.02. The zero-order chi connectivity index (χ0) is 18.7. The first-order chi connectivity index (χ1) is 11.9. The molecule has 2 aromatic carbocycles. The monoisotopic (exact) mass is 346 g/mol. The van der Waals surface area contributed by atoms with E-state index in [0.29, 0.717) is 0 Å². The molecule has 0 saturated heterocycles. The first-order valence-corrected chi connectivity index (χ1v) is 7.83. The number of carboxylic acid groups (broad SMARTS) is 4. The molecule has 1 aliphatic carbocycles. The van der Waals surface area contributed by atoms with Crippen molar-refractivity contribution in [3.63, 3.8) is 0 Å². The van der Waals surface area contributed by atoms with Gasteiger partial charge in [0.25, 0.3) is 0 Å². The third-order valence-electron chi connectivity index (χ3n) is 3.97. The Labute approximate surface area is 146 Å². The Morgan fingerprint density at radius 3 is 1.20 bits per heavy atom. The minimum Gasteiger partial charge on any atom is -0.450 e. The summed E-state index contributed by atoms with van der Waals surface area (Å²) in [6, 6.07) is 21.9. The number of hydrogen-bond donors (Lipinski definition) is 4. The SMILES string of the molecule is O=C(O)O.O=C(O)O.c1ccc(C2CCC(c3ccccc3)C2)cc1. The van der Waals surface area contributed by atoms with Crippen LogP contribution in [0.3, 0.4) is 0 Å². The van der Waals surface area contributed by atoms with E-state index >= 15 is 0 Å². The fourth-order valence-electron chi connectivity index (χ4n) is 3.04. The smallest absolute Gasteiger partial charge is 0.450 e. The van der Waals surface area contributed by atoms with Gasteiger partial charge in [-0.2, -0.15) is 0 Å². The number of rotatable bonds is 2. The van der Waals surface area contributed by atoms with Gasteiger partial charge in [-0.05, 0) is 42.2 Å². The maximum absolute atomic E-state index is 8.56. The maximum Gasteiger partial charge on any atom is 0.503 e. The Balaban J connectivity index is 0.000000333. The standard InChI is InChI=1S/C17H18.2CH2O3/c1-3-7-14(8-4-1)16-11-12-17(13-16)15-9-5-2-6-10-15;2*2-1(3)4/h1-10,16-17H,11-13H2;2*(H2,2,3,4). The van der Waals surface area contributed by atoms with Gasteiger partial charge in [-0.15, -0.1) is 0 Å². The largest absolute Gasteiger partial charge is 0.503 e. The van der Waals surface area contributed by atoms with Gasteiger partial charge in [-0.3, -0.25) is 0 Å². The molecule has 2 aromatic rings. The van der Waals surface area contributed by atoms with Crippen LogP contribution in [0.2, 0.25) is 0 Å². The van der Waals surface area contributed by atoms with Gasteiger partial charge in [-0.1, -0.05) is 60.7 Å². The van der Waals surface area contributed by atoms with Gasteiger partial charge >= 0.3 is 12.3 Å². The molecule has 4 N–H and O–H groups in total. The topological polar surface area (TPSA) is 115 Å². The molecule has 6 nitrogen and oxygen atoms in total. The van der Waals surface area contributed by atoms with E-state index in [9.17, 15) is 0 Å². The second-order valence-electron chi connectivity index (χ2n) is 5.59. The van der Waals surface area contributed by atoms with Crippen molar-refractivity contribution in [2.75, 3.05) is 0 Å². The molecule has 0 aromatic heterocycles. The zero-order valence-electron chi connectivity index (χ0n) is 13.7. The van der Waals surface area contributed by atoms with Gasteiger partial charge in [0.15, 0.2) is 0 Å². The van der Waals surface area contributed by atoms with Crippen molar-refractivity contribution >= 4 is 12.3 Å². The van der Waals surface area contributed by atoms with Crippen LogP contribution in [-0.2, 0) is 0 Å². The Morgan fingerprint density at radius 1 is 0.640 bits per heavy atom. The summed E-state index contributed by atoms with van der Waals surface area (Å²) < 4.78 is 0. The normalized spacial score (nSPS) is 18.1. The van der Waals surface area contributed by atoms with Crippen LogP contribution in [0.5, 0.6) is 0 Å². The van der Waals surface area contributed by atoms with Crippen molar-refractivity contribution in [2.45, 2.75) is 31.1 Å². The highest BCUT2D eigenvalue weighted by Crippen LogP contribution is 2.43. The third kappa shape index (κ3) is 8.41. The molecule has 0 aliphatic heterocycles. The van der Waals surface area contributed by atoms with Gasteiger partial charge in [0.1, 0.15) is 0 Å². The van der Waals surface area contributed by atoms with Crippen LogP contribution in [0.1, 0.15) is 42.2 Å². The first-order valence-electron chi connectivity index (χ1n) is 7.83. The molecular weight excluding hydrogens is 324 g/mol. The highest BCUT2D eigenvalue weighted by Gasteiger charge is 2.26. The van der Waals surface area contributed by atoms with E-state index in [1.165, 1.54) is 30.4 Å². The van der Waals surface area contributed by atoms with Crippen LogP contribution in [0, 0.1) is 0 Å². The van der Waals surface area contributed by atoms with Gasteiger partial charge in [0.05, 0.1) is 0 Å². The van der Waals surface area contributed by atoms with E-state index < -0.39 is 12.3 Å². The predicted octanol–water partition coefficient (Wildman–Crippen LogP) is 5.18. The van der Waals surface area contributed by atoms with Crippen molar-refractivity contribution in [3.8, 4) is 0 Å². The van der Waals surface area contributed by atoms with E-state index in [0.717, 1.165) is 11.8 Å². The molecular formula is C19H22O6. The van der Waals surface area contributed by atoms with Crippen molar-refractivity contribution in [3.05, 3.63) is 71.8 Å². The summed E-state index contributed by atoms with van der Waals surface area (Å²) in [7, 11) is 0. The lowest BCUT2D eigenvalue weighted by Crippen LogP contribution is -1.94. The molecule has 3 rings (SSSR count). The summed E-state index contributed by atoms with van der Waals surface area (Å²) in [6.07, 6.45) is 0.321. The highest BCUT2D eigenvalue weighted by molar-refractivity contribution is 5.53. The maximum atomic E-state index is 8.56. The van der Waals surface area contributed by atoms with E-state index in [-0.39, 0.29) is 0 Å². The predicted molar refractivity (Wildman–Crippen MR) is 93.5 cm³/mol. The fourth-order valence-corrected chi connectivity index (χ4v) is 3.04. The molecule has 0 spiro atoms. The van der Waals surface area contributed by atoms with Crippen molar-refractivity contribution in [1.29, 1.82) is 0 Å². The lowest BCUT2D eigenvalue weighted by atomic mass is 9.93. The average Bonchev–Trinajstić information content (AvgIpc) is 3.05. The molecule has 2 unspecified atom stereocenters. The molecule has 0 amide bonds. The molecule has 1 saturated carbocycles. The average molecular weight is 346 g/mol. The molecule has 1 aliphatic rings. The molecule has 2 atom stereocenters. The van der Waals surface area contributed by atoms with Gasteiger partial charge in [0, 0.05) is 0 Å². The highest BCUT2D eigenvalue weighted by atomic mass is 16.6. The molecule has 134 valence electrons. The van der Waals surface area contributed by atoms with Crippen molar-refractivity contribution in [2.24, 2.45) is 0 Å². The lowest BCUT2D eigenvalue weighted by Gasteiger charge is -2.12. The summed E-state index contributed by atoms with van der Waals surface area (Å²) in [6.45, 7) is 0. The van der Waals surface area contributed by atoms with Gasteiger partial charge < -0.3 is 20.4 Å². The zero-order valence-corrected chi connectivity index (χ0v) is 13.7.